The van der Waals surface area contributed by atoms with E-state index >= 15 is 0 Å². The standard InChI is InChI=1S/C17H18FN3/c18-15-8-6-13(7-9-15)10-16-12-21(17(19)20-16)11-14-4-2-1-3-5-14/h1-9,16H,10-12H2,(H2,19,20)/t16-/m0/s1. The predicted molar refractivity (Wildman–Crippen MR) is 82.4 cm³/mol. The van der Waals surface area contributed by atoms with Crippen LogP contribution in [-0.2, 0) is 13.0 Å². The number of nitrogens with zero attached hydrogens (tertiary/aromatic N) is 2. The topological polar surface area (TPSA) is 41.6 Å². The van der Waals surface area contributed by atoms with Crippen molar-refractivity contribution in [3.63, 3.8) is 0 Å². The van der Waals surface area contributed by atoms with Gasteiger partial charge in [-0.25, -0.2) is 9.38 Å². The zero-order valence-corrected chi connectivity index (χ0v) is 11.7. The Kier molecular flexibility index (Phi) is 3.86. The number of guanidine groups is 1. The fraction of sp³-hybridized carbons (Fsp3) is 0.235. The highest BCUT2D eigenvalue weighted by Crippen LogP contribution is 2.16. The van der Waals surface area contributed by atoms with Crippen LogP contribution in [0.3, 0.4) is 0 Å². The normalized spacial score (nSPS) is 17.9. The van der Waals surface area contributed by atoms with Gasteiger partial charge in [0, 0.05) is 13.1 Å². The highest BCUT2D eigenvalue weighted by Gasteiger charge is 2.23. The van der Waals surface area contributed by atoms with E-state index in [0.29, 0.717) is 5.96 Å². The molecule has 0 aliphatic carbocycles. The van der Waals surface area contributed by atoms with Gasteiger partial charge in [0.15, 0.2) is 5.96 Å². The second kappa shape index (κ2) is 5.95. The Morgan fingerprint density at radius 2 is 1.76 bits per heavy atom. The van der Waals surface area contributed by atoms with E-state index in [2.05, 4.69) is 22.0 Å². The Balaban J connectivity index is 1.62. The zero-order valence-electron chi connectivity index (χ0n) is 11.7. The van der Waals surface area contributed by atoms with Crippen molar-refractivity contribution in [2.24, 2.45) is 10.7 Å². The Morgan fingerprint density at radius 3 is 2.48 bits per heavy atom. The van der Waals surface area contributed by atoms with E-state index in [1.807, 2.05) is 18.2 Å². The molecule has 0 aromatic heterocycles. The van der Waals surface area contributed by atoms with Crippen LogP contribution in [0.4, 0.5) is 4.39 Å². The van der Waals surface area contributed by atoms with Crippen molar-refractivity contribution in [3.05, 3.63) is 71.5 Å². The number of hydrogen-bond donors (Lipinski definition) is 1. The summed E-state index contributed by atoms with van der Waals surface area (Å²) >= 11 is 0. The Labute approximate surface area is 123 Å². The van der Waals surface area contributed by atoms with Gasteiger partial charge in [0.1, 0.15) is 5.82 Å². The molecule has 0 radical (unpaired) electrons. The molecule has 0 unspecified atom stereocenters. The van der Waals surface area contributed by atoms with Crippen LogP contribution < -0.4 is 5.73 Å². The van der Waals surface area contributed by atoms with E-state index < -0.39 is 0 Å². The number of nitrogens with two attached hydrogens (primary N) is 1. The molecule has 2 aromatic rings. The van der Waals surface area contributed by atoms with Gasteiger partial charge in [-0.3, -0.25) is 0 Å². The van der Waals surface area contributed by atoms with Crippen LogP contribution in [0.15, 0.2) is 59.6 Å². The van der Waals surface area contributed by atoms with E-state index in [9.17, 15) is 4.39 Å². The third-order valence-corrected chi connectivity index (χ3v) is 3.67. The molecule has 3 nitrogen and oxygen atoms in total. The van der Waals surface area contributed by atoms with E-state index in [-0.39, 0.29) is 11.9 Å². The maximum Gasteiger partial charge on any atom is 0.191 e. The first kappa shape index (κ1) is 13.6. The molecule has 1 aliphatic heterocycles. The number of rotatable bonds is 4. The Morgan fingerprint density at radius 1 is 1.05 bits per heavy atom. The molecule has 0 saturated heterocycles. The van der Waals surface area contributed by atoms with Crippen molar-refractivity contribution in [2.75, 3.05) is 6.54 Å². The van der Waals surface area contributed by atoms with Crippen LogP contribution in [0.25, 0.3) is 0 Å². The summed E-state index contributed by atoms with van der Waals surface area (Å²) in [6, 6.07) is 16.9. The molecule has 2 N–H and O–H groups in total. The summed E-state index contributed by atoms with van der Waals surface area (Å²) in [5, 5.41) is 0. The molecule has 0 fully saturated rings. The van der Waals surface area contributed by atoms with Gasteiger partial charge in [-0.2, -0.15) is 0 Å². The van der Waals surface area contributed by atoms with Crippen LogP contribution in [-0.4, -0.2) is 23.4 Å². The van der Waals surface area contributed by atoms with Crippen LogP contribution >= 0.6 is 0 Å². The molecule has 3 rings (SSSR count). The lowest BCUT2D eigenvalue weighted by Gasteiger charge is -2.18. The van der Waals surface area contributed by atoms with Gasteiger partial charge < -0.3 is 10.6 Å². The molecule has 1 heterocycles. The Bertz CT molecular complexity index is 622. The van der Waals surface area contributed by atoms with Gasteiger partial charge in [0.05, 0.1) is 6.04 Å². The average molecular weight is 283 g/mol. The first-order chi connectivity index (χ1) is 10.2. The van der Waals surface area contributed by atoms with Crippen molar-refractivity contribution in [2.45, 2.75) is 19.0 Å². The molecule has 0 saturated carbocycles. The molecule has 21 heavy (non-hydrogen) atoms. The van der Waals surface area contributed by atoms with Crippen LogP contribution in [0, 0.1) is 5.82 Å². The van der Waals surface area contributed by atoms with Crippen molar-refractivity contribution < 1.29 is 4.39 Å². The largest absolute Gasteiger partial charge is 0.370 e. The predicted octanol–water partition coefficient (Wildman–Crippen LogP) is 2.57. The molecule has 108 valence electrons. The summed E-state index contributed by atoms with van der Waals surface area (Å²) < 4.78 is 12.9. The average Bonchev–Trinajstić information content (AvgIpc) is 2.82. The van der Waals surface area contributed by atoms with Crippen molar-refractivity contribution in [1.82, 2.24) is 4.90 Å². The molecule has 0 amide bonds. The first-order valence-corrected chi connectivity index (χ1v) is 7.07. The summed E-state index contributed by atoms with van der Waals surface area (Å²) in [6.45, 7) is 1.58. The van der Waals surface area contributed by atoms with E-state index in [0.717, 1.165) is 25.1 Å². The van der Waals surface area contributed by atoms with Crippen LogP contribution in [0.2, 0.25) is 0 Å². The highest BCUT2D eigenvalue weighted by atomic mass is 19.1. The molecule has 0 spiro atoms. The lowest BCUT2D eigenvalue weighted by atomic mass is 10.1. The molecular weight excluding hydrogens is 265 g/mol. The number of aliphatic imine (C=N–C) groups is 1. The van der Waals surface area contributed by atoms with Gasteiger partial charge in [-0.05, 0) is 29.7 Å². The van der Waals surface area contributed by atoms with Crippen molar-refractivity contribution in [3.8, 4) is 0 Å². The van der Waals surface area contributed by atoms with Gasteiger partial charge in [0.25, 0.3) is 0 Å². The smallest absolute Gasteiger partial charge is 0.191 e. The maximum atomic E-state index is 12.9. The second-order valence-electron chi connectivity index (χ2n) is 5.34. The van der Waals surface area contributed by atoms with Crippen LogP contribution in [0.1, 0.15) is 11.1 Å². The minimum Gasteiger partial charge on any atom is -0.370 e. The molecule has 1 atom stereocenters. The van der Waals surface area contributed by atoms with Crippen molar-refractivity contribution in [1.29, 1.82) is 0 Å². The SMILES string of the molecule is NC1=N[C@@H](Cc2ccc(F)cc2)CN1Cc1ccccc1. The number of hydrogen-bond acceptors (Lipinski definition) is 3. The monoisotopic (exact) mass is 283 g/mol. The van der Waals surface area contributed by atoms with Crippen molar-refractivity contribution >= 4 is 5.96 Å². The Hall–Kier alpha value is -2.36. The maximum absolute atomic E-state index is 12.9. The third-order valence-electron chi connectivity index (χ3n) is 3.67. The van der Waals surface area contributed by atoms with Crippen LogP contribution in [0.5, 0.6) is 0 Å². The second-order valence-corrected chi connectivity index (χ2v) is 5.34. The van der Waals surface area contributed by atoms with E-state index in [4.69, 9.17) is 5.73 Å². The first-order valence-electron chi connectivity index (χ1n) is 7.07. The summed E-state index contributed by atoms with van der Waals surface area (Å²) in [6.07, 6.45) is 0.784. The summed E-state index contributed by atoms with van der Waals surface area (Å²) in [4.78, 5) is 6.60. The third kappa shape index (κ3) is 3.40. The zero-order chi connectivity index (χ0) is 14.7. The van der Waals surface area contributed by atoms with Gasteiger partial charge in [0.2, 0.25) is 0 Å². The lowest BCUT2D eigenvalue weighted by molar-refractivity contribution is 0.413. The lowest BCUT2D eigenvalue weighted by Crippen LogP contribution is -2.34. The fourth-order valence-electron chi connectivity index (χ4n) is 2.61. The molecule has 1 aliphatic rings. The molecule has 4 heteroatoms. The number of benzene rings is 2. The number of halogens is 1. The van der Waals surface area contributed by atoms with Gasteiger partial charge >= 0.3 is 0 Å². The molecule has 0 bridgehead atoms. The highest BCUT2D eigenvalue weighted by molar-refractivity contribution is 5.80. The quantitative estimate of drug-likeness (QED) is 0.937. The molecule has 2 aromatic carbocycles. The molecular formula is C17H18FN3. The van der Waals surface area contributed by atoms with E-state index in [1.165, 1.54) is 17.7 Å². The summed E-state index contributed by atoms with van der Waals surface area (Å²) in [5.41, 5.74) is 8.31. The minimum atomic E-state index is -0.209. The fourth-order valence-corrected chi connectivity index (χ4v) is 2.61. The van der Waals surface area contributed by atoms with E-state index in [1.54, 1.807) is 12.1 Å². The summed E-state index contributed by atoms with van der Waals surface area (Å²) in [7, 11) is 0. The minimum absolute atomic E-state index is 0.138. The van der Waals surface area contributed by atoms with Gasteiger partial charge in [-0.1, -0.05) is 42.5 Å². The summed E-state index contributed by atoms with van der Waals surface area (Å²) in [5.74, 6) is 0.379. The van der Waals surface area contributed by atoms with Gasteiger partial charge in [-0.15, -0.1) is 0 Å².